The molecule has 4 aromatic rings. The van der Waals surface area contributed by atoms with Gasteiger partial charge in [-0.15, -0.1) is 0 Å². The summed E-state index contributed by atoms with van der Waals surface area (Å²) in [4.78, 5) is 66.4. The van der Waals surface area contributed by atoms with E-state index in [0.717, 1.165) is 11.1 Å². The highest BCUT2D eigenvalue weighted by atomic mass is 16.4. The lowest BCUT2D eigenvalue weighted by molar-refractivity contribution is -0.138. The summed E-state index contributed by atoms with van der Waals surface area (Å²) in [7, 11) is 1.65. The summed E-state index contributed by atoms with van der Waals surface area (Å²) in [5.74, 6) is -3.43. The van der Waals surface area contributed by atoms with Crippen LogP contribution in [-0.2, 0) is 49.9 Å². The third-order valence-corrected chi connectivity index (χ3v) is 7.89. The third kappa shape index (κ3) is 9.52. The molecule has 4 amide bonds. The predicted molar refractivity (Wildman–Crippen MR) is 179 cm³/mol. The monoisotopic (exact) mass is 655 g/mol. The SMILES string of the molecule is CC(=O)N[C@H](C(=O)N[C@H](Cc1cn(CC(=O)O)c2ccccc12)C(=O)N[C@@H](Cc1ccccc1)C(=O)N(C)Cc1ccccc1)[C@@H](C)O. The second-order valence-electron chi connectivity index (χ2n) is 11.8. The lowest BCUT2D eigenvalue weighted by Crippen LogP contribution is -2.59. The quantitative estimate of drug-likeness (QED) is 0.131. The number of para-hydroxylation sites is 1. The van der Waals surface area contributed by atoms with E-state index in [2.05, 4.69) is 16.0 Å². The van der Waals surface area contributed by atoms with Crippen LogP contribution in [0.3, 0.4) is 0 Å². The van der Waals surface area contributed by atoms with Crippen LogP contribution in [0.5, 0.6) is 0 Å². The van der Waals surface area contributed by atoms with Crippen molar-refractivity contribution in [1.82, 2.24) is 25.4 Å². The number of benzene rings is 3. The molecular formula is C36H41N5O7. The van der Waals surface area contributed by atoms with Crippen LogP contribution in [0.15, 0.2) is 91.1 Å². The lowest BCUT2D eigenvalue weighted by Gasteiger charge is -2.28. The first-order valence-electron chi connectivity index (χ1n) is 15.6. The molecule has 0 saturated carbocycles. The maximum atomic E-state index is 14.2. The number of aromatic nitrogens is 1. The number of rotatable bonds is 15. The van der Waals surface area contributed by atoms with E-state index in [1.54, 1.807) is 42.1 Å². The molecule has 5 N–H and O–H groups in total. The summed E-state index contributed by atoms with van der Waals surface area (Å²) >= 11 is 0. The molecule has 0 aliphatic heterocycles. The largest absolute Gasteiger partial charge is 0.480 e. The van der Waals surface area contributed by atoms with Crippen molar-refractivity contribution < 1.29 is 34.2 Å². The molecule has 0 spiro atoms. The van der Waals surface area contributed by atoms with Crippen LogP contribution in [0.25, 0.3) is 10.9 Å². The number of aliphatic carboxylic acids is 1. The summed E-state index contributed by atoms with van der Waals surface area (Å²) in [5.41, 5.74) is 2.91. The van der Waals surface area contributed by atoms with Crippen LogP contribution in [0.1, 0.15) is 30.5 Å². The molecule has 3 aromatic carbocycles. The third-order valence-electron chi connectivity index (χ3n) is 7.89. The molecule has 4 rings (SSSR count). The van der Waals surface area contributed by atoms with Crippen molar-refractivity contribution >= 4 is 40.5 Å². The molecule has 0 fully saturated rings. The van der Waals surface area contributed by atoms with Gasteiger partial charge in [0.2, 0.25) is 23.6 Å². The van der Waals surface area contributed by atoms with E-state index >= 15 is 0 Å². The van der Waals surface area contributed by atoms with Gasteiger partial charge in [-0.3, -0.25) is 24.0 Å². The van der Waals surface area contributed by atoms with Gasteiger partial charge in [0.25, 0.3) is 0 Å². The minimum atomic E-state index is -1.36. The summed E-state index contributed by atoms with van der Waals surface area (Å²) in [6, 6.07) is 22.1. The number of nitrogens with one attached hydrogen (secondary N) is 3. The fourth-order valence-corrected chi connectivity index (χ4v) is 5.60. The van der Waals surface area contributed by atoms with Crippen LogP contribution >= 0.6 is 0 Å². The Bertz CT molecular complexity index is 1740. The zero-order valence-corrected chi connectivity index (χ0v) is 27.1. The molecule has 12 heteroatoms. The van der Waals surface area contributed by atoms with E-state index in [-0.39, 0.29) is 25.3 Å². The van der Waals surface area contributed by atoms with E-state index in [4.69, 9.17) is 0 Å². The number of fused-ring (bicyclic) bond motifs is 1. The van der Waals surface area contributed by atoms with Crippen molar-refractivity contribution in [1.29, 1.82) is 0 Å². The average molecular weight is 656 g/mol. The van der Waals surface area contributed by atoms with Gasteiger partial charge in [0.1, 0.15) is 24.7 Å². The molecular weight excluding hydrogens is 614 g/mol. The van der Waals surface area contributed by atoms with Crippen molar-refractivity contribution in [2.45, 2.75) is 64.0 Å². The molecule has 0 aliphatic rings. The number of carboxylic acid groups (broad SMARTS) is 1. The molecule has 0 saturated heterocycles. The number of hydrogen-bond acceptors (Lipinski definition) is 6. The summed E-state index contributed by atoms with van der Waals surface area (Å²) < 4.78 is 1.54. The van der Waals surface area contributed by atoms with Crippen LogP contribution in [0.2, 0.25) is 0 Å². The zero-order valence-electron chi connectivity index (χ0n) is 27.1. The van der Waals surface area contributed by atoms with Gasteiger partial charge >= 0.3 is 5.97 Å². The number of likely N-dealkylation sites (N-methyl/N-ethyl adjacent to an activating group) is 1. The number of nitrogens with zero attached hydrogens (tertiary/aromatic N) is 2. The van der Waals surface area contributed by atoms with Crippen molar-refractivity contribution in [3.8, 4) is 0 Å². The smallest absolute Gasteiger partial charge is 0.323 e. The number of aliphatic hydroxyl groups is 1. The summed E-state index contributed by atoms with van der Waals surface area (Å²) in [5, 5.41) is 28.4. The van der Waals surface area contributed by atoms with Gasteiger partial charge in [-0.05, 0) is 29.7 Å². The number of amides is 4. The van der Waals surface area contributed by atoms with Crippen LogP contribution in [0, 0.1) is 0 Å². The molecule has 0 aliphatic carbocycles. The van der Waals surface area contributed by atoms with Gasteiger partial charge in [0, 0.05) is 50.5 Å². The standard InChI is InChI=1S/C36H41N5O7/c1-23(42)33(37-24(2)43)35(47)38-29(19-27-21-41(22-32(44)45)31-17-11-10-16-28(27)31)34(46)39-30(18-25-12-6-4-7-13-25)36(48)40(3)20-26-14-8-5-9-15-26/h4-17,21,23,29-30,33,42H,18-20,22H2,1-3H3,(H,37,43)(H,38,47)(H,39,46)(H,44,45)/t23-,29-,30+,33+/m1/s1. The first-order chi connectivity index (χ1) is 22.9. The summed E-state index contributed by atoms with van der Waals surface area (Å²) in [6.07, 6.45) is 0.425. The highest BCUT2D eigenvalue weighted by molar-refractivity contribution is 5.95. The van der Waals surface area contributed by atoms with E-state index in [9.17, 15) is 34.2 Å². The Morgan fingerprint density at radius 2 is 1.35 bits per heavy atom. The van der Waals surface area contributed by atoms with Gasteiger partial charge in [-0.1, -0.05) is 78.9 Å². The van der Waals surface area contributed by atoms with Crippen molar-refractivity contribution in [3.05, 3.63) is 108 Å². The van der Waals surface area contributed by atoms with E-state index in [1.165, 1.54) is 18.7 Å². The second-order valence-corrected chi connectivity index (χ2v) is 11.8. The average Bonchev–Trinajstić information content (AvgIpc) is 3.39. The highest BCUT2D eigenvalue weighted by Gasteiger charge is 2.33. The molecule has 12 nitrogen and oxygen atoms in total. The first-order valence-corrected chi connectivity index (χ1v) is 15.6. The van der Waals surface area contributed by atoms with Gasteiger partial charge in [-0.2, -0.15) is 0 Å². The topological polar surface area (TPSA) is 170 Å². The predicted octanol–water partition coefficient (Wildman–Crippen LogP) is 2.02. The van der Waals surface area contributed by atoms with Crippen LogP contribution in [-0.4, -0.2) is 80.6 Å². The van der Waals surface area contributed by atoms with E-state index < -0.39 is 47.9 Å². The minimum Gasteiger partial charge on any atom is -0.480 e. The Balaban J connectivity index is 1.68. The Hall–Kier alpha value is -5.49. The molecule has 0 unspecified atom stereocenters. The minimum absolute atomic E-state index is 0.0800. The molecule has 4 atom stereocenters. The normalized spacial score (nSPS) is 13.5. The second kappa shape index (κ2) is 16.4. The molecule has 1 heterocycles. The Morgan fingerprint density at radius 3 is 1.96 bits per heavy atom. The fraction of sp³-hybridized carbons (Fsp3) is 0.306. The maximum absolute atomic E-state index is 14.2. The van der Waals surface area contributed by atoms with E-state index in [0.29, 0.717) is 23.0 Å². The maximum Gasteiger partial charge on any atom is 0.323 e. The molecule has 0 bridgehead atoms. The van der Waals surface area contributed by atoms with Crippen LogP contribution in [0.4, 0.5) is 0 Å². The number of carbonyl (C=O) groups is 5. The molecule has 0 radical (unpaired) electrons. The van der Waals surface area contributed by atoms with Crippen molar-refractivity contribution in [2.75, 3.05) is 7.05 Å². The van der Waals surface area contributed by atoms with Crippen LogP contribution < -0.4 is 16.0 Å². The Morgan fingerprint density at radius 1 is 0.771 bits per heavy atom. The molecule has 252 valence electrons. The van der Waals surface area contributed by atoms with E-state index in [1.807, 2.05) is 60.7 Å². The first kappa shape index (κ1) is 35.4. The number of aliphatic hydroxyl groups excluding tert-OH is 1. The van der Waals surface area contributed by atoms with Gasteiger partial charge < -0.3 is 35.6 Å². The van der Waals surface area contributed by atoms with Gasteiger partial charge in [0.05, 0.1) is 6.10 Å². The van der Waals surface area contributed by atoms with Crippen molar-refractivity contribution in [2.24, 2.45) is 0 Å². The van der Waals surface area contributed by atoms with Gasteiger partial charge in [-0.25, -0.2) is 0 Å². The summed E-state index contributed by atoms with van der Waals surface area (Å²) in [6.45, 7) is 2.52. The fourth-order valence-electron chi connectivity index (χ4n) is 5.60. The lowest BCUT2D eigenvalue weighted by atomic mass is 10.0. The Labute approximate surface area is 278 Å². The van der Waals surface area contributed by atoms with Gasteiger partial charge in [0.15, 0.2) is 0 Å². The number of hydrogen-bond donors (Lipinski definition) is 5. The van der Waals surface area contributed by atoms with Crippen molar-refractivity contribution in [3.63, 3.8) is 0 Å². The highest BCUT2D eigenvalue weighted by Crippen LogP contribution is 2.23. The molecule has 48 heavy (non-hydrogen) atoms. The Kier molecular flexibility index (Phi) is 12.1. The number of carboxylic acids is 1. The molecule has 1 aromatic heterocycles. The zero-order chi connectivity index (χ0) is 34.8. The number of carbonyl (C=O) groups excluding carboxylic acids is 4.